The summed E-state index contributed by atoms with van der Waals surface area (Å²) in [6.45, 7) is 7.24. The van der Waals surface area contributed by atoms with Gasteiger partial charge < -0.3 is 15.5 Å². The number of likely N-dealkylation sites (N-methyl/N-ethyl adjacent to an activating group) is 1. The standard InChI is InChI=1S/C18H27N3O2/c1-5-16-12(2)10-15-11-14(18(23)20-9-8-19-4)6-7-17(15)21(16)13(3)22/h6-7,11-12,16,19H,5,8-10H2,1-4H3,(H,20,23)/t12?,16-/m0/s1. The van der Waals surface area contributed by atoms with Gasteiger partial charge in [-0.3, -0.25) is 9.59 Å². The molecule has 1 unspecified atom stereocenters. The highest BCUT2D eigenvalue weighted by Crippen LogP contribution is 2.35. The predicted molar refractivity (Wildman–Crippen MR) is 92.8 cm³/mol. The number of hydrogen-bond acceptors (Lipinski definition) is 3. The van der Waals surface area contributed by atoms with Gasteiger partial charge in [-0.2, -0.15) is 0 Å². The number of nitrogens with zero attached hydrogens (tertiary/aromatic N) is 1. The molecule has 0 aromatic heterocycles. The monoisotopic (exact) mass is 317 g/mol. The number of nitrogens with one attached hydrogen (secondary N) is 2. The van der Waals surface area contributed by atoms with Crippen LogP contribution in [-0.2, 0) is 11.2 Å². The van der Waals surface area contributed by atoms with Crippen LogP contribution < -0.4 is 15.5 Å². The summed E-state index contributed by atoms with van der Waals surface area (Å²) >= 11 is 0. The van der Waals surface area contributed by atoms with Crippen LogP contribution in [0.25, 0.3) is 0 Å². The van der Waals surface area contributed by atoms with Gasteiger partial charge in [0, 0.05) is 37.3 Å². The second-order valence-electron chi connectivity index (χ2n) is 6.25. The van der Waals surface area contributed by atoms with Crippen LogP contribution in [-0.4, -0.2) is 38.0 Å². The molecule has 2 rings (SSSR count). The van der Waals surface area contributed by atoms with Crippen LogP contribution >= 0.6 is 0 Å². The molecular formula is C18H27N3O2. The zero-order chi connectivity index (χ0) is 17.0. The Labute approximate surface area is 138 Å². The Morgan fingerprint density at radius 3 is 2.65 bits per heavy atom. The zero-order valence-corrected chi connectivity index (χ0v) is 14.5. The van der Waals surface area contributed by atoms with E-state index in [-0.39, 0.29) is 17.9 Å². The Morgan fingerprint density at radius 2 is 2.04 bits per heavy atom. The quantitative estimate of drug-likeness (QED) is 0.816. The number of benzene rings is 1. The summed E-state index contributed by atoms with van der Waals surface area (Å²) in [6.07, 6.45) is 1.84. The van der Waals surface area contributed by atoms with E-state index in [1.807, 2.05) is 30.1 Å². The Kier molecular flexibility index (Phi) is 5.77. The number of amides is 2. The lowest BCUT2D eigenvalue weighted by atomic mass is 9.84. The molecule has 1 aliphatic heterocycles. The number of carbonyl (C=O) groups is 2. The van der Waals surface area contributed by atoms with Crippen molar-refractivity contribution in [2.24, 2.45) is 5.92 Å². The normalized spacial score (nSPS) is 20.1. The van der Waals surface area contributed by atoms with Gasteiger partial charge in [-0.15, -0.1) is 0 Å². The van der Waals surface area contributed by atoms with Crippen molar-refractivity contribution in [2.45, 2.75) is 39.7 Å². The molecule has 0 radical (unpaired) electrons. The molecule has 1 heterocycles. The summed E-state index contributed by atoms with van der Waals surface area (Å²) in [6, 6.07) is 5.89. The largest absolute Gasteiger partial charge is 0.351 e. The van der Waals surface area contributed by atoms with Crippen molar-refractivity contribution in [3.05, 3.63) is 29.3 Å². The summed E-state index contributed by atoms with van der Waals surface area (Å²) in [5, 5.41) is 5.89. The Hall–Kier alpha value is -1.88. The van der Waals surface area contributed by atoms with E-state index in [2.05, 4.69) is 24.5 Å². The van der Waals surface area contributed by atoms with Crippen LogP contribution in [0.1, 0.15) is 43.1 Å². The van der Waals surface area contributed by atoms with Crippen molar-refractivity contribution < 1.29 is 9.59 Å². The molecule has 1 aromatic rings. The van der Waals surface area contributed by atoms with Crippen LogP contribution in [0.4, 0.5) is 5.69 Å². The lowest BCUT2D eigenvalue weighted by Crippen LogP contribution is -2.46. The van der Waals surface area contributed by atoms with Crippen LogP contribution in [0.15, 0.2) is 18.2 Å². The van der Waals surface area contributed by atoms with Gasteiger partial charge in [-0.1, -0.05) is 13.8 Å². The lowest BCUT2D eigenvalue weighted by Gasteiger charge is -2.40. The van der Waals surface area contributed by atoms with Gasteiger partial charge >= 0.3 is 0 Å². The SMILES string of the molecule is CC[C@H]1C(C)Cc2cc(C(=O)NCCNC)ccc2N1C(C)=O. The van der Waals surface area contributed by atoms with Crippen LogP contribution in [0.5, 0.6) is 0 Å². The minimum Gasteiger partial charge on any atom is -0.351 e. The maximum Gasteiger partial charge on any atom is 0.251 e. The first-order chi connectivity index (χ1) is 11.0. The van der Waals surface area contributed by atoms with Crippen molar-refractivity contribution in [3.63, 3.8) is 0 Å². The van der Waals surface area contributed by atoms with E-state index < -0.39 is 0 Å². The van der Waals surface area contributed by atoms with Gasteiger partial charge in [0.15, 0.2) is 0 Å². The average Bonchev–Trinajstić information content (AvgIpc) is 2.52. The number of rotatable bonds is 5. The number of anilines is 1. The van der Waals surface area contributed by atoms with Crippen LogP contribution in [0.3, 0.4) is 0 Å². The van der Waals surface area contributed by atoms with Gasteiger partial charge in [-0.05, 0) is 49.6 Å². The molecular weight excluding hydrogens is 290 g/mol. The third kappa shape index (κ3) is 3.72. The predicted octanol–water partition coefficient (Wildman–Crippen LogP) is 1.96. The summed E-state index contributed by atoms with van der Waals surface area (Å²) in [5.41, 5.74) is 2.69. The molecule has 0 saturated carbocycles. The molecule has 2 atom stereocenters. The molecule has 0 saturated heterocycles. The van der Waals surface area contributed by atoms with E-state index in [1.165, 1.54) is 0 Å². The van der Waals surface area contributed by atoms with E-state index in [9.17, 15) is 9.59 Å². The van der Waals surface area contributed by atoms with E-state index in [0.717, 1.165) is 30.6 Å². The molecule has 1 aliphatic rings. The van der Waals surface area contributed by atoms with Gasteiger partial charge in [0.2, 0.25) is 5.91 Å². The smallest absolute Gasteiger partial charge is 0.251 e. The first kappa shape index (κ1) is 17.5. The van der Waals surface area contributed by atoms with E-state index in [4.69, 9.17) is 0 Å². The van der Waals surface area contributed by atoms with Gasteiger partial charge in [0.25, 0.3) is 5.91 Å². The fourth-order valence-electron chi connectivity index (χ4n) is 3.43. The molecule has 5 heteroatoms. The third-order valence-corrected chi connectivity index (χ3v) is 4.55. The van der Waals surface area contributed by atoms with Crippen molar-refractivity contribution in [2.75, 3.05) is 25.0 Å². The van der Waals surface area contributed by atoms with Crippen molar-refractivity contribution in [1.82, 2.24) is 10.6 Å². The van der Waals surface area contributed by atoms with E-state index >= 15 is 0 Å². The van der Waals surface area contributed by atoms with Crippen molar-refractivity contribution in [3.8, 4) is 0 Å². The summed E-state index contributed by atoms with van der Waals surface area (Å²) in [5.74, 6) is 0.387. The number of fused-ring (bicyclic) bond motifs is 1. The topological polar surface area (TPSA) is 61.4 Å². The second kappa shape index (κ2) is 7.59. The summed E-state index contributed by atoms with van der Waals surface area (Å²) in [4.78, 5) is 26.2. The van der Waals surface area contributed by atoms with Gasteiger partial charge in [-0.25, -0.2) is 0 Å². The van der Waals surface area contributed by atoms with Crippen LogP contribution in [0, 0.1) is 5.92 Å². The van der Waals surface area contributed by atoms with Crippen molar-refractivity contribution >= 4 is 17.5 Å². The Balaban J connectivity index is 2.27. The zero-order valence-electron chi connectivity index (χ0n) is 14.5. The van der Waals surface area contributed by atoms with Crippen molar-refractivity contribution in [1.29, 1.82) is 0 Å². The fourth-order valence-corrected chi connectivity index (χ4v) is 3.43. The number of hydrogen-bond donors (Lipinski definition) is 2. The van der Waals surface area contributed by atoms with E-state index in [0.29, 0.717) is 18.0 Å². The lowest BCUT2D eigenvalue weighted by molar-refractivity contribution is -0.117. The molecule has 0 spiro atoms. The summed E-state index contributed by atoms with van der Waals surface area (Å²) < 4.78 is 0. The fraction of sp³-hybridized carbons (Fsp3) is 0.556. The molecule has 1 aromatic carbocycles. The minimum atomic E-state index is -0.0670. The van der Waals surface area contributed by atoms with Gasteiger partial charge in [0.05, 0.1) is 0 Å². The molecule has 2 amide bonds. The molecule has 23 heavy (non-hydrogen) atoms. The average molecular weight is 317 g/mol. The Morgan fingerprint density at radius 1 is 1.30 bits per heavy atom. The first-order valence-electron chi connectivity index (χ1n) is 8.35. The molecule has 0 fully saturated rings. The second-order valence-corrected chi connectivity index (χ2v) is 6.25. The van der Waals surface area contributed by atoms with Gasteiger partial charge in [0.1, 0.15) is 0 Å². The summed E-state index contributed by atoms with van der Waals surface area (Å²) in [7, 11) is 1.85. The highest BCUT2D eigenvalue weighted by molar-refractivity contribution is 5.97. The minimum absolute atomic E-state index is 0.0656. The van der Waals surface area contributed by atoms with Crippen LogP contribution in [0.2, 0.25) is 0 Å². The highest BCUT2D eigenvalue weighted by atomic mass is 16.2. The molecule has 2 N–H and O–H groups in total. The molecule has 0 aliphatic carbocycles. The maximum absolute atomic E-state index is 12.2. The molecule has 126 valence electrons. The van der Waals surface area contributed by atoms with E-state index in [1.54, 1.807) is 6.92 Å². The maximum atomic E-state index is 12.2. The Bertz CT molecular complexity index is 586. The molecule has 5 nitrogen and oxygen atoms in total. The highest BCUT2D eigenvalue weighted by Gasteiger charge is 2.33. The third-order valence-electron chi connectivity index (χ3n) is 4.55. The molecule has 0 bridgehead atoms. The first-order valence-corrected chi connectivity index (χ1v) is 8.35. The number of carbonyl (C=O) groups excluding carboxylic acids is 2.